The van der Waals surface area contributed by atoms with Crippen molar-refractivity contribution >= 4 is 23.7 Å². The molecule has 142 valence electrons. The van der Waals surface area contributed by atoms with Gasteiger partial charge in [-0.3, -0.25) is 9.59 Å². The minimum atomic E-state index is -0.398. The number of anilines is 1. The molecule has 0 spiro atoms. The van der Waals surface area contributed by atoms with Crippen LogP contribution in [-0.2, 0) is 9.59 Å². The largest absolute Gasteiger partial charge is 0.504 e. The van der Waals surface area contributed by atoms with Gasteiger partial charge in [-0.2, -0.15) is 5.10 Å². The number of phenols is 1. The number of nitrogens with one attached hydrogen (secondary N) is 2. The van der Waals surface area contributed by atoms with Crippen molar-refractivity contribution in [3.05, 3.63) is 53.1 Å². The second-order valence-corrected chi connectivity index (χ2v) is 5.99. The van der Waals surface area contributed by atoms with Crippen LogP contribution in [0.1, 0.15) is 29.5 Å². The molecule has 7 nitrogen and oxygen atoms in total. The number of amides is 2. The smallest absolute Gasteiger partial charge is 0.240 e. The van der Waals surface area contributed by atoms with Crippen LogP contribution >= 0.6 is 0 Å². The second kappa shape index (κ2) is 9.38. The number of hydrazone groups is 1. The number of aromatic hydroxyl groups is 1. The average Bonchev–Trinajstić information content (AvgIpc) is 2.65. The molecule has 2 rings (SSSR count). The van der Waals surface area contributed by atoms with Gasteiger partial charge in [-0.25, -0.2) is 5.43 Å². The van der Waals surface area contributed by atoms with Gasteiger partial charge in [0.15, 0.2) is 11.5 Å². The van der Waals surface area contributed by atoms with Crippen molar-refractivity contribution in [3.63, 3.8) is 0 Å². The molecule has 0 atom stereocenters. The Morgan fingerprint density at radius 1 is 1.11 bits per heavy atom. The molecule has 0 aliphatic rings. The fourth-order valence-electron chi connectivity index (χ4n) is 2.36. The average molecular weight is 369 g/mol. The molecule has 0 saturated carbocycles. The van der Waals surface area contributed by atoms with E-state index in [1.165, 1.54) is 13.3 Å². The van der Waals surface area contributed by atoms with Gasteiger partial charge in [0.05, 0.1) is 13.3 Å². The molecule has 0 bridgehead atoms. The van der Waals surface area contributed by atoms with Crippen molar-refractivity contribution < 1.29 is 19.4 Å². The lowest BCUT2D eigenvalue weighted by molar-refractivity contribution is -0.124. The summed E-state index contributed by atoms with van der Waals surface area (Å²) < 4.78 is 5.00. The zero-order valence-electron chi connectivity index (χ0n) is 15.6. The van der Waals surface area contributed by atoms with Crippen LogP contribution in [0.3, 0.4) is 0 Å². The summed E-state index contributed by atoms with van der Waals surface area (Å²) >= 11 is 0. The Labute approximate surface area is 158 Å². The lowest BCUT2D eigenvalue weighted by Gasteiger charge is -2.10. The van der Waals surface area contributed by atoms with Crippen LogP contribution in [0, 0.1) is 13.8 Å². The Morgan fingerprint density at radius 3 is 2.56 bits per heavy atom. The number of phenolic OH excluding ortho intramolecular Hbond substituents is 1. The summed E-state index contributed by atoms with van der Waals surface area (Å²) in [6.45, 7) is 3.90. The van der Waals surface area contributed by atoms with Gasteiger partial charge in [-0.05, 0) is 43.2 Å². The predicted molar refractivity (Wildman–Crippen MR) is 104 cm³/mol. The van der Waals surface area contributed by atoms with Crippen molar-refractivity contribution in [3.8, 4) is 11.5 Å². The summed E-state index contributed by atoms with van der Waals surface area (Å²) in [5.74, 6) is -0.391. The molecule has 2 aromatic rings. The first-order valence-corrected chi connectivity index (χ1v) is 8.46. The lowest BCUT2D eigenvalue weighted by atomic mass is 10.1. The highest BCUT2D eigenvalue weighted by Gasteiger charge is 2.09. The maximum Gasteiger partial charge on any atom is 0.240 e. The number of ether oxygens (including phenoxy) is 1. The number of para-hydroxylation sites is 1. The standard InChI is InChI=1S/C20H23N3O4/c1-13-6-4-8-16(14(13)2)22-18(24)10-11-19(25)23-21-12-15-7-5-9-17(27-3)20(15)26/h4-9,12,26H,10-11H2,1-3H3,(H,22,24)(H,23,25). The zero-order chi connectivity index (χ0) is 19.8. The molecule has 3 N–H and O–H groups in total. The quantitative estimate of drug-likeness (QED) is 0.516. The van der Waals surface area contributed by atoms with Gasteiger partial charge in [0, 0.05) is 24.1 Å². The molecule has 7 heteroatoms. The first-order valence-electron chi connectivity index (χ1n) is 8.46. The Bertz CT molecular complexity index is 862. The molecule has 2 amide bonds. The van der Waals surface area contributed by atoms with E-state index in [4.69, 9.17) is 4.74 Å². The number of aryl methyl sites for hydroxylation is 1. The molecule has 0 heterocycles. The lowest BCUT2D eigenvalue weighted by Crippen LogP contribution is -2.21. The molecule has 0 radical (unpaired) electrons. The highest BCUT2D eigenvalue weighted by molar-refractivity contribution is 5.94. The van der Waals surface area contributed by atoms with E-state index in [1.54, 1.807) is 18.2 Å². The third-order valence-corrected chi connectivity index (χ3v) is 4.10. The van der Waals surface area contributed by atoms with Crippen molar-refractivity contribution in [2.45, 2.75) is 26.7 Å². The number of carbonyl (C=O) groups excluding carboxylic acids is 2. The molecule has 0 fully saturated rings. The maximum atomic E-state index is 12.0. The maximum absolute atomic E-state index is 12.0. The van der Waals surface area contributed by atoms with Gasteiger partial charge >= 0.3 is 0 Å². The van der Waals surface area contributed by atoms with Crippen molar-refractivity contribution in [2.24, 2.45) is 5.10 Å². The third-order valence-electron chi connectivity index (χ3n) is 4.10. The molecule has 0 aliphatic carbocycles. The van der Waals surface area contributed by atoms with E-state index >= 15 is 0 Å². The number of carbonyl (C=O) groups is 2. The van der Waals surface area contributed by atoms with E-state index in [0.29, 0.717) is 11.3 Å². The van der Waals surface area contributed by atoms with Gasteiger partial charge in [0.25, 0.3) is 0 Å². The van der Waals surface area contributed by atoms with Crippen LogP contribution in [0.4, 0.5) is 5.69 Å². The third kappa shape index (κ3) is 5.57. The predicted octanol–water partition coefficient (Wildman–Crippen LogP) is 2.89. The Hall–Kier alpha value is -3.35. The number of nitrogens with zero attached hydrogens (tertiary/aromatic N) is 1. The summed E-state index contributed by atoms with van der Waals surface area (Å²) in [5.41, 5.74) is 5.56. The molecule has 27 heavy (non-hydrogen) atoms. The number of rotatable bonds is 7. The van der Waals surface area contributed by atoms with Crippen molar-refractivity contribution in [1.29, 1.82) is 0 Å². The highest BCUT2D eigenvalue weighted by atomic mass is 16.5. The Balaban J connectivity index is 1.82. The molecule has 2 aromatic carbocycles. The van der Waals surface area contributed by atoms with Gasteiger partial charge in [0.1, 0.15) is 0 Å². The summed E-state index contributed by atoms with van der Waals surface area (Å²) in [7, 11) is 1.45. The normalized spacial score (nSPS) is 10.6. The minimum Gasteiger partial charge on any atom is -0.504 e. The van der Waals surface area contributed by atoms with E-state index in [2.05, 4.69) is 15.8 Å². The number of hydrogen-bond acceptors (Lipinski definition) is 5. The van der Waals surface area contributed by atoms with E-state index in [1.807, 2.05) is 32.0 Å². The Kier molecular flexibility index (Phi) is 6.93. The highest BCUT2D eigenvalue weighted by Crippen LogP contribution is 2.27. The van der Waals surface area contributed by atoms with E-state index in [9.17, 15) is 14.7 Å². The van der Waals surface area contributed by atoms with E-state index in [0.717, 1.165) is 16.8 Å². The minimum absolute atomic E-state index is 0.00186. The topological polar surface area (TPSA) is 100 Å². The number of hydrogen-bond donors (Lipinski definition) is 3. The number of benzene rings is 2. The van der Waals surface area contributed by atoms with Gasteiger partial charge in [0.2, 0.25) is 11.8 Å². The first kappa shape index (κ1) is 20.0. The summed E-state index contributed by atoms with van der Waals surface area (Å²) in [6, 6.07) is 10.6. The fraction of sp³-hybridized carbons (Fsp3) is 0.250. The zero-order valence-corrected chi connectivity index (χ0v) is 15.6. The summed E-state index contributed by atoms with van der Waals surface area (Å²) in [6.07, 6.45) is 1.35. The van der Waals surface area contributed by atoms with Crippen LogP contribution in [0.25, 0.3) is 0 Å². The van der Waals surface area contributed by atoms with Gasteiger partial charge in [-0.1, -0.05) is 18.2 Å². The molecular weight excluding hydrogens is 346 g/mol. The summed E-state index contributed by atoms with van der Waals surface area (Å²) in [5, 5.41) is 16.5. The molecule has 0 saturated heterocycles. The van der Waals surface area contributed by atoms with Gasteiger partial charge < -0.3 is 15.2 Å². The fourth-order valence-corrected chi connectivity index (χ4v) is 2.36. The monoisotopic (exact) mass is 369 g/mol. The van der Waals surface area contributed by atoms with Crippen LogP contribution in [-0.4, -0.2) is 30.2 Å². The van der Waals surface area contributed by atoms with Crippen molar-refractivity contribution in [1.82, 2.24) is 5.43 Å². The van der Waals surface area contributed by atoms with Crippen molar-refractivity contribution in [2.75, 3.05) is 12.4 Å². The van der Waals surface area contributed by atoms with Crippen LogP contribution < -0.4 is 15.5 Å². The second-order valence-electron chi connectivity index (χ2n) is 5.99. The van der Waals surface area contributed by atoms with E-state index < -0.39 is 5.91 Å². The number of methoxy groups -OCH3 is 1. The summed E-state index contributed by atoms with van der Waals surface area (Å²) in [4.78, 5) is 23.8. The first-order chi connectivity index (χ1) is 12.9. The Morgan fingerprint density at radius 2 is 1.81 bits per heavy atom. The van der Waals surface area contributed by atoms with Crippen LogP contribution in [0.2, 0.25) is 0 Å². The molecule has 0 aromatic heterocycles. The van der Waals surface area contributed by atoms with Crippen LogP contribution in [0.5, 0.6) is 11.5 Å². The van der Waals surface area contributed by atoms with Crippen LogP contribution in [0.15, 0.2) is 41.5 Å². The SMILES string of the molecule is COc1cccc(C=NNC(=O)CCC(=O)Nc2cccc(C)c2C)c1O. The molecule has 0 aliphatic heterocycles. The molecular formula is C20H23N3O4. The van der Waals surface area contributed by atoms with Gasteiger partial charge in [-0.15, -0.1) is 0 Å². The van der Waals surface area contributed by atoms with E-state index in [-0.39, 0.29) is 24.5 Å². The molecule has 0 unspecified atom stereocenters.